The number of phosphoric ester groups is 1. The first-order valence-electron chi connectivity index (χ1n) is 18.5. The van der Waals surface area contributed by atoms with Gasteiger partial charge in [0.05, 0.1) is 39.9 Å². The third kappa shape index (κ3) is 32.8. The molecule has 3 atom stereocenters. The molecule has 0 heterocycles. The summed E-state index contributed by atoms with van der Waals surface area (Å²) in [6.45, 7) is 4.66. The Morgan fingerprint density at radius 3 is 1.79 bits per heavy atom. The van der Waals surface area contributed by atoms with Gasteiger partial charge in [0.25, 0.3) is 0 Å². The molecule has 0 aliphatic heterocycles. The van der Waals surface area contributed by atoms with Crippen molar-refractivity contribution < 1.29 is 32.9 Å². The number of unbranched alkanes of at least 4 members (excludes halogenated alkanes) is 13. The van der Waals surface area contributed by atoms with Crippen molar-refractivity contribution in [3.63, 3.8) is 0 Å². The average molecular weight is 684 g/mol. The van der Waals surface area contributed by atoms with Crippen LogP contribution in [0.15, 0.2) is 48.6 Å². The van der Waals surface area contributed by atoms with Crippen LogP contribution in [0.5, 0.6) is 0 Å². The number of allylic oxidation sites excluding steroid dienone is 7. The van der Waals surface area contributed by atoms with E-state index < -0.39 is 20.0 Å². The molecule has 3 N–H and O–H groups in total. The van der Waals surface area contributed by atoms with Gasteiger partial charge in [-0.05, 0) is 64.2 Å². The molecule has 0 aromatic heterocycles. The lowest BCUT2D eigenvalue weighted by Gasteiger charge is -2.25. The predicted octanol–water partition coefficient (Wildman–Crippen LogP) is 9.35. The Kier molecular flexibility index (Phi) is 29.5. The molecule has 0 rings (SSSR count). The SMILES string of the molecule is CCC/C=C\CCCCCCCC(=O)NC(COP(=O)(O)OCC[N+](C)(C)C)C(O)/C=C/CC/C=C/CC/C=C/CCCCCCC. The van der Waals surface area contributed by atoms with Crippen LogP contribution < -0.4 is 5.32 Å². The summed E-state index contributed by atoms with van der Waals surface area (Å²) >= 11 is 0. The summed E-state index contributed by atoms with van der Waals surface area (Å²) in [5, 5.41) is 13.7. The lowest BCUT2D eigenvalue weighted by atomic mass is 10.1. The summed E-state index contributed by atoms with van der Waals surface area (Å²) in [6, 6.07) is -0.870. The van der Waals surface area contributed by atoms with Crippen molar-refractivity contribution in [2.45, 2.75) is 148 Å². The van der Waals surface area contributed by atoms with Crippen LogP contribution in [-0.2, 0) is 18.4 Å². The smallest absolute Gasteiger partial charge is 0.387 e. The standard InChI is InChI=1S/C38H71N2O6P/c1-6-8-10-12-14-16-18-19-20-21-22-23-25-27-29-31-37(41)36(35-46-47(43,44)45-34-33-40(3,4)5)39-38(42)32-30-28-26-24-17-15-13-11-9-7-2/h11,13,18-19,22-23,29,31,36-37,41H,6-10,12,14-17,20-21,24-28,30,32-35H2,1-5H3,(H-,39,42,43,44)/p+1/b13-11-,19-18+,23-22+,31-29+. The Hall–Kier alpha value is -1.54. The quantitative estimate of drug-likeness (QED) is 0.0283. The van der Waals surface area contributed by atoms with Gasteiger partial charge in [0.15, 0.2) is 0 Å². The number of carbonyl (C=O) groups is 1. The topological polar surface area (TPSA) is 105 Å². The highest BCUT2D eigenvalue weighted by Crippen LogP contribution is 2.43. The number of nitrogens with zero attached hydrogens (tertiary/aromatic N) is 1. The molecule has 0 saturated heterocycles. The van der Waals surface area contributed by atoms with Crippen molar-refractivity contribution >= 4 is 13.7 Å². The lowest BCUT2D eigenvalue weighted by molar-refractivity contribution is -0.870. The van der Waals surface area contributed by atoms with Gasteiger partial charge in [-0.15, -0.1) is 0 Å². The molecule has 0 aromatic carbocycles. The van der Waals surface area contributed by atoms with Gasteiger partial charge >= 0.3 is 7.82 Å². The molecule has 0 aliphatic rings. The van der Waals surface area contributed by atoms with Crippen LogP contribution in [0.1, 0.15) is 136 Å². The number of hydrogen-bond acceptors (Lipinski definition) is 5. The van der Waals surface area contributed by atoms with E-state index >= 15 is 0 Å². The van der Waals surface area contributed by atoms with E-state index in [9.17, 15) is 19.4 Å². The summed E-state index contributed by atoms with van der Waals surface area (Å²) in [7, 11) is 1.53. The van der Waals surface area contributed by atoms with Crippen molar-refractivity contribution in [3.8, 4) is 0 Å². The van der Waals surface area contributed by atoms with Gasteiger partial charge in [0.1, 0.15) is 13.2 Å². The average Bonchev–Trinajstić information content (AvgIpc) is 3.01. The van der Waals surface area contributed by atoms with Crippen LogP contribution in [0.4, 0.5) is 0 Å². The Labute approximate surface area is 289 Å². The van der Waals surface area contributed by atoms with Crippen LogP contribution >= 0.6 is 7.82 Å². The summed E-state index contributed by atoms with van der Waals surface area (Å²) in [5.41, 5.74) is 0. The van der Waals surface area contributed by atoms with Gasteiger partial charge < -0.3 is 19.8 Å². The number of likely N-dealkylation sites (N-methyl/N-ethyl adjacent to an activating group) is 1. The molecule has 0 saturated carbocycles. The van der Waals surface area contributed by atoms with Crippen molar-refractivity contribution in [1.29, 1.82) is 0 Å². The van der Waals surface area contributed by atoms with Gasteiger partial charge in [0, 0.05) is 6.42 Å². The fourth-order valence-corrected chi connectivity index (χ4v) is 5.45. The maximum absolute atomic E-state index is 12.7. The van der Waals surface area contributed by atoms with E-state index in [4.69, 9.17) is 9.05 Å². The first-order valence-corrected chi connectivity index (χ1v) is 20.0. The van der Waals surface area contributed by atoms with Crippen LogP contribution in [0, 0.1) is 0 Å². The van der Waals surface area contributed by atoms with E-state index in [2.05, 4.69) is 55.6 Å². The number of hydrogen-bond donors (Lipinski definition) is 3. The van der Waals surface area contributed by atoms with Crippen molar-refractivity contribution in [1.82, 2.24) is 5.32 Å². The molecular weight excluding hydrogens is 611 g/mol. The third-order valence-corrected chi connectivity index (χ3v) is 8.71. The number of amides is 1. The molecule has 0 aromatic rings. The van der Waals surface area contributed by atoms with E-state index in [-0.39, 0.29) is 19.1 Å². The number of rotatable bonds is 32. The summed E-state index contributed by atoms with van der Waals surface area (Å²) in [4.78, 5) is 22.9. The lowest BCUT2D eigenvalue weighted by Crippen LogP contribution is -2.45. The maximum Gasteiger partial charge on any atom is 0.472 e. The number of aliphatic hydroxyl groups is 1. The Bertz CT molecular complexity index is 912. The molecule has 0 bridgehead atoms. The van der Waals surface area contributed by atoms with Crippen LogP contribution in [-0.4, -0.2) is 73.4 Å². The van der Waals surface area contributed by atoms with Gasteiger partial charge in [-0.2, -0.15) is 0 Å². The van der Waals surface area contributed by atoms with Crippen LogP contribution in [0.25, 0.3) is 0 Å². The summed E-state index contributed by atoms with van der Waals surface area (Å²) < 4.78 is 23.4. The van der Waals surface area contributed by atoms with E-state index in [1.165, 1.54) is 44.9 Å². The highest BCUT2D eigenvalue weighted by atomic mass is 31.2. The van der Waals surface area contributed by atoms with Gasteiger partial charge in [0.2, 0.25) is 5.91 Å². The molecule has 274 valence electrons. The molecule has 0 aliphatic carbocycles. The predicted molar refractivity (Wildman–Crippen MR) is 198 cm³/mol. The molecule has 1 amide bonds. The number of phosphoric acid groups is 1. The number of nitrogens with one attached hydrogen (secondary N) is 1. The van der Waals surface area contributed by atoms with E-state index in [1.54, 1.807) is 6.08 Å². The normalized spacial score (nSPS) is 15.3. The van der Waals surface area contributed by atoms with E-state index in [0.29, 0.717) is 17.4 Å². The van der Waals surface area contributed by atoms with Gasteiger partial charge in [-0.3, -0.25) is 13.8 Å². The fraction of sp³-hybridized carbons (Fsp3) is 0.763. The van der Waals surface area contributed by atoms with Crippen molar-refractivity contribution in [2.75, 3.05) is 40.9 Å². The Morgan fingerprint density at radius 2 is 1.21 bits per heavy atom. The number of aliphatic hydroxyl groups excluding tert-OH is 1. The zero-order valence-electron chi connectivity index (χ0n) is 30.8. The Morgan fingerprint density at radius 1 is 0.702 bits per heavy atom. The molecule has 47 heavy (non-hydrogen) atoms. The first kappa shape index (κ1) is 45.5. The van der Waals surface area contributed by atoms with Gasteiger partial charge in [-0.1, -0.05) is 114 Å². The summed E-state index contributed by atoms with van der Waals surface area (Å²) in [5.74, 6) is -0.208. The van der Waals surface area contributed by atoms with Crippen LogP contribution in [0.3, 0.4) is 0 Å². The molecular formula is C38H72N2O6P+. The largest absolute Gasteiger partial charge is 0.472 e. The number of carbonyl (C=O) groups excluding carboxylic acids is 1. The van der Waals surface area contributed by atoms with Crippen molar-refractivity contribution in [2.24, 2.45) is 0 Å². The zero-order valence-corrected chi connectivity index (χ0v) is 31.6. The monoisotopic (exact) mass is 684 g/mol. The highest BCUT2D eigenvalue weighted by Gasteiger charge is 2.27. The van der Waals surface area contributed by atoms with Crippen molar-refractivity contribution in [3.05, 3.63) is 48.6 Å². The molecule has 0 radical (unpaired) electrons. The molecule has 0 fully saturated rings. The van der Waals surface area contributed by atoms with Gasteiger partial charge in [-0.25, -0.2) is 4.57 Å². The van der Waals surface area contributed by atoms with E-state index in [0.717, 1.165) is 70.6 Å². The van der Waals surface area contributed by atoms with Crippen LogP contribution in [0.2, 0.25) is 0 Å². The molecule has 9 heteroatoms. The third-order valence-electron chi connectivity index (χ3n) is 7.73. The molecule has 8 nitrogen and oxygen atoms in total. The minimum absolute atomic E-state index is 0.0503. The second-order valence-electron chi connectivity index (χ2n) is 13.6. The second kappa shape index (κ2) is 30.5. The summed E-state index contributed by atoms with van der Waals surface area (Å²) in [6.07, 6.45) is 36.1. The Balaban J connectivity index is 4.67. The molecule has 0 spiro atoms. The molecule has 3 unspecified atom stereocenters. The first-order chi connectivity index (χ1) is 22.5. The van der Waals surface area contributed by atoms with E-state index in [1.807, 2.05) is 27.2 Å². The maximum atomic E-state index is 12.7. The highest BCUT2D eigenvalue weighted by molar-refractivity contribution is 7.47. The second-order valence-corrected chi connectivity index (χ2v) is 15.0. The fourth-order valence-electron chi connectivity index (χ4n) is 4.72. The minimum Gasteiger partial charge on any atom is -0.387 e. The minimum atomic E-state index is -4.34. The zero-order chi connectivity index (χ0) is 35.1. The number of quaternary nitrogens is 1.